The number of hydroxylamine groups is 1. The van der Waals surface area contributed by atoms with E-state index >= 15 is 0 Å². The van der Waals surface area contributed by atoms with E-state index in [-0.39, 0.29) is 11.6 Å². The molecular weight excluding hydrogens is 451 g/mol. The van der Waals surface area contributed by atoms with Gasteiger partial charge in [0.2, 0.25) is 0 Å². The highest BCUT2D eigenvalue weighted by Gasteiger charge is 2.22. The van der Waals surface area contributed by atoms with Gasteiger partial charge in [0.15, 0.2) is 5.78 Å². The van der Waals surface area contributed by atoms with Gasteiger partial charge in [0.1, 0.15) is 11.6 Å². The molecule has 0 aliphatic carbocycles. The summed E-state index contributed by atoms with van der Waals surface area (Å²) in [6.07, 6.45) is 5.56. The fraction of sp³-hybridized carbons (Fsp3) is 0.387. The summed E-state index contributed by atoms with van der Waals surface area (Å²) in [4.78, 5) is 21.2. The predicted molar refractivity (Wildman–Crippen MR) is 140 cm³/mol. The third kappa shape index (κ3) is 6.59. The number of benzene rings is 3. The van der Waals surface area contributed by atoms with Crippen molar-refractivity contribution in [3.63, 3.8) is 0 Å². The summed E-state index contributed by atoms with van der Waals surface area (Å²) in [7, 11) is 0. The van der Waals surface area contributed by atoms with Crippen molar-refractivity contribution < 1.29 is 14.0 Å². The van der Waals surface area contributed by atoms with Gasteiger partial charge in [-0.15, -0.1) is 0 Å². The number of Topliss-reactive ketones (excluding diaryl/α,β-unsaturated/α-hetero) is 1. The first-order valence-electron chi connectivity index (χ1n) is 13.2. The summed E-state index contributed by atoms with van der Waals surface area (Å²) < 4.78 is 13.5. The van der Waals surface area contributed by atoms with E-state index in [1.165, 1.54) is 11.6 Å². The third-order valence-corrected chi connectivity index (χ3v) is 7.59. The molecule has 0 saturated carbocycles. The standard InChI is InChI=1S/C31H35FN2O2/c32-29-8-4-7-25(19-29)22-34-15-13-23(14-16-34)9-11-30(35)27-10-12-31-28(20-27)18-26(21-33-36-31)17-24-5-2-1-3-6-24/h1-8,10,12,19-20,23,26,33H,9,11,13-18,21-22H2. The molecule has 1 atom stereocenters. The second-order valence-corrected chi connectivity index (χ2v) is 10.3. The molecule has 1 unspecified atom stereocenters. The molecule has 3 aromatic rings. The van der Waals surface area contributed by atoms with E-state index in [4.69, 9.17) is 4.84 Å². The Balaban J connectivity index is 1.12. The van der Waals surface area contributed by atoms with Crippen LogP contribution in [0.3, 0.4) is 0 Å². The van der Waals surface area contributed by atoms with E-state index in [9.17, 15) is 9.18 Å². The minimum Gasteiger partial charge on any atom is -0.408 e. The van der Waals surface area contributed by atoms with E-state index in [0.29, 0.717) is 18.3 Å². The van der Waals surface area contributed by atoms with Crippen molar-refractivity contribution >= 4 is 5.78 Å². The molecule has 5 rings (SSSR count). The topological polar surface area (TPSA) is 41.6 Å². The Bertz CT molecular complexity index is 1160. The van der Waals surface area contributed by atoms with E-state index in [1.807, 2.05) is 30.3 Å². The van der Waals surface area contributed by atoms with Gasteiger partial charge >= 0.3 is 0 Å². The Morgan fingerprint density at radius 3 is 2.56 bits per heavy atom. The van der Waals surface area contributed by atoms with Crippen LogP contribution in [0.2, 0.25) is 0 Å². The van der Waals surface area contributed by atoms with Crippen molar-refractivity contribution in [3.05, 3.63) is 101 Å². The van der Waals surface area contributed by atoms with Crippen LogP contribution in [0.1, 0.15) is 52.7 Å². The highest BCUT2D eigenvalue weighted by molar-refractivity contribution is 5.96. The molecule has 2 aliphatic rings. The highest BCUT2D eigenvalue weighted by Crippen LogP contribution is 2.28. The Hall–Kier alpha value is -3.02. The average molecular weight is 487 g/mol. The van der Waals surface area contributed by atoms with Crippen molar-refractivity contribution in [1.29, 1.82) is 0 Å². The molecule has 2 heterocycles. The third-order valence-electron chi connectivity index (χ3n) is 7.59. The molecule has 0 aromatic heterocycles. The number of carbonyl (C=O) groups is 1. The molecular formula is C31H35FN2O2. The van der Waals surface area contributed by atoms with Gasteiger partial charge in [0.05, 0.1) is 0 Å². The summed E-state index contributed by atoms with van der Waals surface area (Å²) >= 11 is 0. The summed E-state index contributed by atoms with van der Waals surface area (Å²) in [6, 6.07) is 23.3. The van der Waals surface area contributed by atoms with Crippen LogP contribution >= 0.6 is 0 Å². The Kier molecular flexibility index (Phi) is 8.09. The fourth-order valence-corrected chi connectivity index (χ4v) is 5.53. The molecule has 1 saturated heterocycles. The Morgan fingerprint density at radius 1 is 0.944 bits per heavy atom. The van der Waals surface area contributed by atoms with Crippen LogP contribution in [0.4, 0.5) is 4.39 Å². The van der Waals surface area contributed by atoms with Crippen molar-refractivity contribution in [2.24, 2.45) is 11.8 Å². The molecule has 0 amide bonds. The largest absolute Gasteiger partial charge is 0.408 e. The summed E-state index contributed by atoms with van der Waals surface area (Å²) in [5.74, 6) is 1.86. The molecule has 2 aliphatic heterocycles. The first-order valence-corrected chi connectivity index (χ1v) is 13.2. The number of hydrogen-bond acceptors (Lipinski definition) is 4. The van der Waals surface area contributed by atoms with Gasteiger partial charge in [-0.2, -0.15) is 5.48 Å². The molecule has 5 heteroatoms. The first-order chi connectivity index (χ1) is 17.6. The van der Waals surface area contributed by atoms with Gasteiger partial charge in [-0.1, -0.05) is 42.5 Å². The lowest BCUT2D eigenvalue weighted by atomic mass is 9.89. The number of hydrogen-bond donors (Lipinski definition) is 1. The lowest BCUT2D eigenvalue weighted by Gasteiger charge is -2.32. The fourth-order valence-electron chi connectivity index (χ4n) is 5.53. The van der Waals surface area contributed by atoms with Crippen LogP contribution in [-0.2, 0) is 19.4 Å². The van der Waals surface area contributed by atoms with E-state index in [1.54, 1.807) is 12.1 Å². The summed E-state index contributed by atoms with van der Waals surface area (Å²) in [5.41, 5.74) is 7.35. The van der Waals surface area contributed by atoms with E-state index < -0.39 is 0 Å². The van der Waals surface area contributed by atoms with Crippen LogP contribution in [0, 0.1) is 17.7 Å². The number of fused-ring (bicyclic) bond motifs is 1. The predicted octanol–water partition coefficient (Wildman–Crippen LogP) is 6.00. The molecule has 36 heavy (non-hydrogen) atoms. The normalized spacial score (nSPS) is 18.8. The van der Waals surface area contributed by atoms with Gasteiger partial charge in [0.25, 0.3) is 0 Å². The number of halogens is 1. The molecule has 0 spiro atoms. The van der Waals surface area contributed by atoms with Crippen molar-refractivity contribution in [2.45, 2.75) is 45.1 Å². The Morgan fingerprint density at radius 2 is 1.75 bits per heavy atom. The van der Waals surface area contributed by atoms with Crippen LogP contribution in [0.5, 0.6) is 5.75 Å². The maximum atomic E-state index is 13.5. The van der Waals surface area contributed by atoms with Gasteiger partial charge in [-0.3, -0.25) is 9.69 Å². The van der Waals surface area contributed by atoms with Crippen LogP contribution in [0.15, 0.2) is 72.8 Å². The number of rotatable bonds is 8. The molecule has 0 bridgehead atoms. The van der Waals surface area contributed by atoms with E-state index in [2.05, 4.69) is 34.6 Å². The van der Waals surface area contributed by atoms with Gasteiger partial charge in [-0.05, 0) is 104 Å². The van der Waals surface area contributed by atoms with Gasteiger partial charge < -0.3 is 4.84 Å². The maximum Gasteiger partial charge on any atom is 0.162 e. The van der Waals surface area contributed by atoms with Crippen molar-refractivity contribution in [1.82, 2.24) is 10.4 Å². The average Bonchev–Trinajstić information content (AvgIpc) is 3.10. The number of nitrogens with zero attached hydrogens (tertiary/aromatic N) is 1. The quantitative estimate of drug-likeness (QED) is 0.397. The lowest BCUT2D eigenvalue weighted by Crippen LogP contribution is -2.33. The SMILES string of the molecule is O=C(CCC1CCN(Cc2cccc(F)c2)CC1)c1ccc2c(c1)CC(Cc1ccccc1)CNO2. The van der Waals surface area contributed by atoms with Gasteiger partial charge in [-0.25, -0.2) is 4.39 Å². The van der Waals surface area contributed by atoms with Crippen molar-refractivity contribution in [2.75, 3.05) is 19.6 Å². The number of piperidine rings is 1. The Labute approximate surface area is 213 Å². The molecule has 1 fully saturated rings. The second-order valence-electron chi connectivity index (χ2n) is 10.3. The maximum absolute atomic E-state index is 13.5. The second kappa shape index (κ2) is 11.8. The number of nitrogens with one attached hydrogen (secondary N) is 1. The number of likely N-dealkylation sites (tertiary alicyclic amines) is 1. The molecule has 3 aromatic carbocycles. The van der Waals surface area contributed by atoms with Crippen LogP contribution in [-0.4, -0.2) is 30.3 Å². The van der Waals surface area contributed by atoms with Gasteiger partial charge in [0, 0.05) is 25.1 Å². The molecule has 188 valence electrons. The van der Waals surface area contributed by atoms with Crippen LogP contribution in [0.25, 0.3) is 0 Å². The number of carbonyl (C=O) groups excluding carboxylic acids is 1. The lowest BCUT2D eigenvalue weighted by molar-refractivity contribution is 0.0961. The minimum absolute atomic E-state index is 0.173. The smallest absolute Gasteiger partial charge is 0.162 e. The number of ketones is 1. The monoisotopic (exact) mass is 486 g/mol. The molecule has 1 N–H and O–H groups in total. The zero-order valence-electron chi connectivity index (χ0n) is 20.8. The summed E-state index contributed by atoms with van der Waals surface area (Å²) in [6.45, 7) is 3.58. The molecule has 4 nitrogen and oxygen atoms in total. The van der Waals surface area contributed by atoms with Crippen LogP contribution < -0.4 is 10.3 Å². The van der Waals surface area contributed by atoms with Crippen molar-refractivity contribution in [3.8, 4) is 5.75 Å². The summed E-state index contributed by atoms with van der Waals surface area (Å²) in [5, 5.41) is 0. The first kappa shape index (κ1) is 24.7. The zero-order chi connectivity index (χ0) is 24.7. The highest BCUT2D eigenvalue weighted by atomic mass is 19.1. The van der Waals surface area contributed by atoms with E-state index in [0.717, 1.165) is 80.7 Å². The zero-order valence-corrected chi connectivity index (χ0v) is 20.8. The molecule has 0 radical (unpaired) electrons. The minimum atomic E-state index is -0.173.